The molecule has 0 aliphatic carbocycles. The summed E-state index contributed by atoms with van der Waals surface area (Å²) < 4.78 is 21.9. The van der Waals surface area contributed by atoms with E-state index in [1.54, 1.807) is 35.1 Å². The van der Waals surface area contributed by atoms with Crippen molar-refractivity contribution in [1.82, 2.24) is 14.8 Å². The zero-order valence-corrected chi connectivity index (χ0v) is 16.7. The van der Waals surface area contributed by atoms with Crippen LogP contribution >= 0.6 is 15.9 Å². The highest BCUT2D eigenvalue weighted by atomic mass is 79.9. The van der Waals surface area contributed by atoms with Gasteiger partial charge in [-0.3, -0.25) is 4.79 Å². The molecule has 0 atom stereocenters. The molecule has 3 aromatic heterocycles. The van der Waals surface area contributed by atoms with Crippen LogP contribution in [0, 0.1) is 5.82 Å². The minimum absolute atomic E-state index is 0.0525. The van der Waals surface area contributed by atoms with Crippen LogP contribution in [0.25, 0.3) is 22.5 Å². The topological polar surface area (TPSA) is 73.0 Å². The molecule has 0 aliphatic rings. The molecule has 0 unspecified atom stereocenters. The molecule has 6 nitrogen and oxygen atoms in total. The average Bonchev–Trinajstić information content (AvgIpc) is 3.32. The molecule has 1 amide bonds. The Hall–Kier alpha value is -3.00. The molecule has 0 aliphatic heterocycles. The predicted molar refractivity (Wildman–Crippen MR) is 108 cm³/mol. The summed E-state index contributed by atoms with van der Waals surface area (Å²) in [5.41, 5.74) is 1.49. The third-order valence-electron chi connectivity index (χ3n) is 4.25. The average molecular weight is 443 g/mol. The van der Waals surface area contributed by atoms with Gasteiger partial charge in [0.25, 0.3) is 5.91 Å². The van der Waals surface area contributed by atoms with Crippen LogP contribution in [0.5, 0.6) is 0 Å². The number of hydrogen-bond donors (Lipinski definition) is 1. The first kappa shape index (κ1) is 18.4. The fraction of sp³-hybridized carbons (Fsp3) is 0.150. The van der Waals surface area contributed by atoms with E-state index >= 15 is 0 Å². The second kappa shape index (κ2) is 7.20. The summed E-state index contributed by atoms with van der Waals surface area (Å²) in [6.45, 7) is 3.95. The van der Waals surface area contributed by atoms with Gasteiger partial charge in [-0.2, -0.15) is 5.10 Å². The number of fused-ring (bicyclic) bond motifs is 1. The summed E-state index contributed by atoms with van der Waals surface area (Å²) in [5, 5.41) is 7.57. The number of rotatable bonds is 4. The number of hydrogen-bond acceptors (Lipinski definition) is 4. The second-order valence-corrected chi connectivity index (χ2v) is 7.45. The number of nitrogens with zero attached hydrogens (tertiary/aromatic N) is 3. The monoisotopic (exact) mass is 442 g/mol. The molecule has 4 aromatic rings. The highest BCUT2D eigenvalue weighted by Crippen LogP contribution is 2.28. The number of anilines is 1. The maximum atomic E-state index is 14.2. The standard InChI is InChI=1S/C20H16BrFN4O2/c1-11(2)26-19-14(10-23-26)13(9-17(24-19)18-4-3-7-28-18)20(27)25-16-6-5-12(21)8-15(16)22/h3-11H,1-2H3,(H,25,27). The Labute approximate surface area is 168 Å². The minimum Gasteiger partial charge on any atom is -0.463 e. The first-order valence-electron chi connectivity index (χ1n) is 8.62. The molecule has 0 bridgehead atoms. The third-order valence-corrected chi connectivity index (χ3v) is 4.75. The lowest BCUT2D eigenvalue weighted by Gasteiger charge is -2.11. The highest BCUT2D eigenvalue weighted by molar-refractivity contribution is 9.10. The number of carbonyl (C=O) groups is 1. The number of furan rings is 1. The lowest BCUT2D eigenvalue weighted by molar-refractivity contribution is 0.102. The quantitative estimate of drug-likeness (QED) is 0.457. The molecule has 8 heteroatoms. The van der Waals surface area contributed by atoms with E-state index in [0.29, 0.717) is 32.5 Å². The van der Waals surface area contributed by atoms with Gasteiger partial charge < -0.3 is 9.73 Å². The van der Waals surface area contributed by atoms with Crippen LogP contribution in [0.1, 0.15) is 30.2 Å². The normalized spacial score (nSPS) is 11.3. The van der Waals surface area contributed by atoms with Crippen molar-refractivity contribution in [3.63, 3.8) is 0 Å². The van der Waals surface area contributed by atoms with Gasteiger partial charge in [0.1, 0.15) is 11.5 Å². The number of carbonyl (C=O) groups excluding carboxylic acids is 1. The van der Waals surface area contributed by atoms with Crippen LogP contribution in [0.3, 0.4) is 0 Å². The molecule has 0 saturated heterocycles. The van der Waals surface area contributed by atoms with Crippen LogP contribution in [-0.2, 0) is 0 Å². The van der Waals surface area contributed by atoms with Gasteiger partial charge in [-0.05, 0) is 50.2 Å². The maximum absolute atomic E-state index is 14.2. The number of halogens is 2. The molecule has 0 spiro atoms. The SMILES string of the molecule is CC(C)n1ncc2c(C(=O)Nc3ccc(Br)cc3F)cc(-c3ccco3)nc21. The zero-order chi connectivity index (χ0) is 19.8. The maximum Gasteiger partial charge on any atom is 0.256 e. The molecule has 142 valence electrons. The number of pyridine rings is 1. The van der Waals surface area contributed by atoms with Crippen LogP contribution in [0.15, 0.2) is 57.7 Å². The molecule has 4 rings (SSSR count). The third kappa shape index (κ3) is 3.31. The van der Waals surface area contributed by atoms with Crippen molar-refractivity contribution in [2.75, 3.05) is 5.32 Å². The summed E-state index contributed by atoms with van der Waals surface area (Å²) in [6, 6.07) is 9.64. The molecule has 1 N–H and O–H groups in total. The van der Waals surface area contributed by atoms with Crippen LogP contribution in [0.4, 0.5) is 10.1 Å². The van der Waals surface area contributed by atoms with Gasteiger partial charge in [0.15, 0.2) is 11.4 Å². The number of aromatic nitrogens is 3. The van der Waals surface area contributed by atoms with E-state index in [9.17, 15) is 9.18 Å². The van der Waals surface area contributed by atoms with Crippen molar-refractivity contribution >= 4 is 38.6 Å². The van der Waals surface area contributed by atoms with Crippen LogP contribution < -0.4 is 5.32 Å². The van der Waals surface area contributed by atoms with Crippen LogP contribution in [0.2, 0.25) is 0 Å². The van der Waals surface area contributed by atoms with Crippen molar-refractivity contribution in [3.05, 3.63) is 64.7 Å². The van der Waals surface area contributed by atoms with Gasteiger partial charge >= 0.3 is 0 Å². The van der Waals surface area contributed by atoms with E-state index in [0.717, 1.165) is 0 Å². The van der Waals surface area contributed by atoms with Gasteiger partial charge in [-0.25, -0.2) is 14.1 Å². The summed E-state index contributed by atoms with van der Waals surface area (Å²) in [5.74, 6) is -0.454. The molecular weight excluding hydrogens is 427 g/mol. The van der Waals surface area contributed by atoms with E-state index in [1.165, 1.54) is 18.4 Å². The van der Waals surface area contributed by atoms with Gasteiger partial charge in [-0.1, -0.05) is 15.9 Å². The van der Waals surface area contributed by atoms with Gasteiger partial charge in [-0.15, -0.1) is 0 Å². The summed E-state index contributed by atoms with van der Waals surface area (Å²) in [6.07, 6.45) is 3.14. The van der Waals surface area contributed by atoms with E-state index in [-0.39, 0.29) is 11.7 Å². The Kier molecular flexibility index (Phi) is 4.72. The second-order valence-electron chi connectivity index (χ2n) is 6.53. The van der Waals surface area contributed by atoms with Crippen molar-refractivity contribution in [3.8, 4) is 11.5 Å². The molecule has 28 heavy (non-hydrogen) atoms. The molecule has 1 aromatic carbocycles. The zero-order valence-electron chi connectivity index (χ0n) is 15.1. The summed E-state index contributed by atoms with van der Waals surface area (Å²) in [4.78, 5) is 17.6. The van der Waals surface area contributed by atoms with Crippen molar-refractivity contribution in [2.45, 2.75) is 19.9 Å². The summed E-state index contributed by atoms with van der Waals surface area (Å²) >= 11 is 3.21. The minimum atomic E-state index is -0.530. The predicted octanol–water partition coefficient (Wildman–Crippen LogP) is 5.43. The molecule has 3 heterocycles. The Balaban J connectivity index is 1.83. The van der Waals surface area contributed by atoms with Crippen molar-refractivity contribution in [2.24, 2.45) is 0 Å². The van der Waals surface area contributed by atoms with Gasteiger partial charge in [0.05, 0.1) is 29.1 Å². The fourth-order valence-electron chi connectivity index (χ4n) is 2.91. The van der Waals surface area contributed by atoms with E-state index in [4.69, 9.17) is 4.42 Å². The highest BCUT2D eigenvalue weighted by Gasteiger charge is 2.20. The van der Waals surface area contributed by atoms with Gasteiger partial charge in [0.2, 0.25) is 0 Å². The summed E-state index contributed by atoms with van der Waals surface area (Å²) in [7, 11) is 0. The number of nitrogens with one attached hydrogen (secondary N) is 1. The Morgan fingerprint density at radius 2 is 2.11 bits per heavy atom. The van der Waals surface area contributed by atoms with E-state index in [1.807, 2.05) is 13.8 Å². The molecular formula is C20H16BrFN4O2. The molecule has 0 radical (unpaired) electrons. The first-order valence-corrected chi connectivity index (χ1v) is 9.42. The van der Waals surface area contributed by atoms with E-state index < -0.39 is 11.7 Å². The first-order chi connectivity index (χ1) is 13.4. The number of benzene rings is 1. The molecule has 0 saturated carbocycles. The van der Waals surface area contributed by atoms with Crippen LogP contribution in [-0.4, -0.2) is 20.7 Å². The Bertz CT molecular complexity index is 1170. The van der Waals surface area contributed by atoms with Crippen molar-refractivity contribution in [1.29, 1.82) is 0 Å². The fourth-order valence-corrected chi connectivity index (χ4v) is 3.25. The van der Waals surface area contributed by atoms with Crippen molar-refractivity contribution < 1.29 is 13.6 Å². The lowest BCUT2D eigenvalue weighted by atomic mass is 10.1. The van der Waals surface area contributed by atoms with Gasteiger partial charge in [0, 0.05) is 10.5 Å². The Morgan fingerprint density at radius 3 is 2.79 bits per heavy atom. The molecule has 0 fully saturated rings. The Morgan fingerprint density at radius 1 is 1.29 bits per heavy atom. The largest absolute Gasteiger partial charge is 0.463 e. The smallest absolute Gasteiger partial charge is 0.256 e. The number of amides is 1. The lowest BCUT2D eigenvalue weighted by Crippen LogP contribution is -2.14. The van der Waals surface area contributed by atoms with E-state index in [2.05, 4.69) is 31.3 Å².